The van der Waals surface area contributed by atoms with Crippen molar-refractivity contribution in [3.05, 3.63) is 39.2 Å². The summed E-state index contributed by atoms with van der Waals surface area (Å²) in [4.78, 5) is 26.8. The number of aromatic hydroxyl groups is 1. The lowest BCUT2D eigenvalue weighted by molar-refractivity contribution is -0.138. The summed E-state index contributed by atoms with van der Waals surface area (Å²) in [6, 6.07) is 3.13. The molecule has 0 bridgehead atoms. The van der Waals surface area contributed by atoms with Crippen molar-refractivity contribution in [3.8, 4) is 5.75 Å². The summed E-state index contributed by atoms with van der Waals surface area (Å²) in [6.07, 6.45) is 1.50. The molecule has 1 saturated heterocycles. The van der Waals surface area contributed by atoms with Crippen LogP contribution in [0.3, 0.4) is 0 Å². The molecule has 0 spiro atoms. The number of hydrogen-bond acceptors (Lipinski definition) is 5. The molecule has 1 N–H and O–H groups in total. The lowest BCUT2D eigenvalue weighted by Crippen LogP contribution is -2.40. The average molecular weight is 373 g/mol. The van der Waals surface area contributed by atoms with E-state index in [-0.39, 0.29) is 35.7 Å². The largest absolute Gasteiger partial charge is 0.508 e. The summed E-state index contributed by atoms with van der Waals surface area (Å²) in [7, 11) is 0. The van der Waals surface area contributed by atoms with Gasteiger partial charge in [0.05, 0.1) is 11.5 Å². The van der Waals surface area contributed by atoms with Gasteiger partial charge < -0.3 is 19.2 Å². The van der Waals surface area contributed by atoms with Crippen LogP contribution in [-0.2, 0) is 9.53 Å². The summed E-state index contributed by atoms with van der Waals surface area (Å²) < 4.78 is 11.5. The van der Waals surface area contributed by atoms with Crippen LogP contribution in [0.1, 0.15) is 49.5 Å². The average Bonchev–Trinajstić information content (AvgIpc) is 2.65. The Morgan fingerprint density at radius 1 is 1.26 bits per heavy atom. The summed E-state index contributed by atoms with van der Waals surface area (Å²) in [5.74, 6) is 0.872. The number of piperidine rings is 1. The number of rotatable bonds is 4. The zero-order valence-electron chi connectivity index (χ0n) is 16.4. The molecule has 1 fully saturated rings. The molecule has 2 heterocycles. The molecule has 6 nitrogen and oxygen atoms in total. The molecule has 1 aromatic heterocycles. The first-order valence-electron chi connectivity index (χ1n) is 9.44. The van der Waals surface area contributed by atoms with E-state index in [4.69, 9.17) is 9.15 Å². The van der Waals surface area contributed by atoms with Crippen molar-refractivity contribution in [3.63, 3.8) is 0 Å². The van der Waals surface area contributed by atoms with Crippen molar-refractivity contribution < 1.29 is 19.1 Å². The van der Waals surface area contributed by atoms with Gasteiger partial charge in [-0.05, 0) is 52.7 Å². The Morgan fingerprint density at radius 2 is 1.93 bits per heavy atom. The van der Waals surface area contributed by atoms with Gasteiger partial charge in [0.25, 0.3) is 0 Å². The van der Waals surface area contributed by atoms with Crippen molar-refractivity contribution in [2.75, 3.05) is 19.7 Å². The molecule has 1 aromatic carbocycles. The van der Waals surface area contributed by atoms with Gasteiger partial charge in [-0.2, -0.15) is 0 Å². The Hall–Kier alpha value is -2.34. The second kappa shape index (κ2) is 7.72. The first-order chi connectivity index (χ1) is 12.8. The molecule has 1 aliphatic heterocycles. The van der Waals surface area contributed by atoms with Crippen LogP contribution in [0.25, 0.3) is 11.0 Å². The number of amides is 1. The summed E-state index contributed by atoms with van der Waals surface area (Å²) in [5, 5.41) is 10.4. The van der Waals surface area contributed by atoms with Gasteiger partial charge in [0.1, 0.15) is 23.7 Å². The second-order valence-electron chi connectivity index (χ2n) is 7.52. The zero-order valence-corrected chi connectivity index (χ0v) is 16.4. The molecular formula is C21H27NO5. The number of likely N-dealkylation sites (tertiary alicyclic amines) is 1. The minimum absolute atomic E-state index is 0.000368. The Balaban J connectivity index is 1.81. The minimum atomic E-state index is -0.0572. The lowest BCUT2D eigenvalue weighted by Gasteiger charge is -2.32. The van der Waals surface area contributed by atoms with Gasteiger partial charge in [0, 0.05) is 30.1 Å². The molecule has 2 aromatic rings. The van der Waals surface area contributed by atoms with Crippen LogP contribution >= 0.6 is 0 Å². The third kappa shape index (κ3) is 3.86. The molecule has 0 aliphatic carbocycles. The van der Waals surface area contributed by atoms with Crippen LogP contribution in [0.4, 0.5) is 0 Å². The van der Waals surface area contributed by atoms with Gasteiger partial charge in [-0.3, -0.25) is 9.59 Å². The predicted octanol–water partition coefficient (Wildman–Crippen LogP) is 3.25. The van der Waals surface area contributed by atoms with Crippen LogP contribution in [0.15, 0.2) is 21.3 Å². The van der Waals surface area contributed by atoms with E-state index in [0.29, 0.717) is 40.9 Å². The SMILES string of the molecule is Cc1c(C2CCN(C(=O)COC(C)C)CC2)oc2c(C)c(O)ccc2c1=O. The molecule has 146 valence electrons. The van der Waals surface area contributed by atoms with Crippen LogP contribution in [-0.4, -0.2) is 41.7 Å². The topological polar surface area (TPSA) is 80.0 Å². The maximum absolute atomic E-state index is 12.8. The fraction of sp³-hybridized carbons (Fsp3) is 0.524. The van der Waals surface area contributed by atoms with Crippen LogP contribution < -0.4 is 5.43 Å². The maximum atomic E-state index is 12.8. The number of ether oxygens (including phenoxy) is 1. The highest BCUT2D eigenvalue weighted by molar-refractivity contribution is 5.82. The highest BCUT2D eigenvalue weighted by atomic mass is 16.5. The smallest absolute Gasteiger partial charge is 0.248 e. The Labute approximate surface area is 158 Å². The summed E-state index contributed by atoms with van der Waals surface area (Å²) >= 11 is 0. The molecule has 0 radical (unpaired) electrons. The number of carbonyl (C=O) groups is 1. The van der Waals surface area contributed by atoms with Crippen molar-refractivity contribution in [2.45, 2.75) is 52.6 Å². The number of aryl methyl sites for hydroxylation is 1. The Kier molecular flexibility index (Phi) is 5.56. The van der Waals surface area contributed by atoms with Crippen LogP contribution in [0.5, 0.6) is 5.75 Å². The third-order valence-corrected chi connectivity index (χ3v) is 5.30. The standard InChI is InChI=1S/C21H27NO5/c1-12(2)26-11-18(24)22-9-7-15(8-10-22)20-14(4)19(25)16-5-6-17(23)13(3)21(16)27-20/h5-6,12,15,23H,7-11H2,1-4H3. The highest BCUT2D eigenvalue weighted by Gasteiger charge is 2.28. The van der Waals surface area contributed by atoms with E-state index < -0.39 is 0 Å². The first-order valence-corrected chi connectivity index (χ1v) is 9.44. The third-order valence-electron chi connectivity index (χ3n) is 5.30. The quantitative estimate of drug-likeness (QED) is 0.890. The van der Waals surface area contributed by atoms with E-state index in [0.717, 1.165) is 12.8 Å². The maximum Gasteiger partial charge on any atom is 0.248 e. The second-order valence-corrected chi connectivity index (χ2v) is 7.52. The highest BCUT2D eigenvalue weighted by Crippen LogP contribution is 2.33. The van der Waals surface area contributed by atoms with Crippen LogP contribution in [0.2, 0.25) is 0 Å². The van der Waals surface area contributed by atoms with Crippen molar-refractivity contribution in [2.24, 2.45) is 0 Å². The number of carbonyl (C=O) groups excluding carboxylic acids is 1. The van der Waals surface area contributed by atoms with Gasteiger partial charge in [0.2, 0.25) is 5.91 Å². The minimum Gasteiger partial charge on any atom is -0.508 e. The normalized spacial score (nSPS) is 15.7. The van der Waals surface area contributed by atoms with Gasteiger partial charge in [-0.15, -0.1) is 0 Å². The van der Waals surface area contributed by atoms with E-state index in [1.54, 1.807) is 19.9 Å². The van der Waals surface area contributed by atoms with E-state index >= 15 is 0 Å². The predicted molar refractivity (Wildman–Crippen MR) is 103 cm³/mol. The van der Waals surface area contributed by atoms with Crippen LogP contribution in [0, 0.1) is 13.8 Å². The molecule has 1 amide bonds. The molecule has 6 heteroatoms. The summed E-state index contributed by atoms with van der Waals surface area (Å²) in [5.41, 5.74) is 1.58. The molecule has 3 rings (SSSR count). The van der Waals surface area contributed by atoms with Gasteiger partial charge in [0.15, 0.2) is 5.43 Å². The van der Waals surface area contributed by atoms with E-state index in [1.165, 1.54) is 6.07 Å². The van der Waals surface area contributed by atoms with Crippen molar-refractivity contribution >= 4 is 16.9 Å². The number of fused-ring (bicyclic) bond motifs is 1. The molecule has 1 aliphatic rings. The number of hydrogen-bond donors (Lipinski definition) is 1. The summed E-state index contributed by atoms with van der Waals surface area (Å²) in [6.45, 7) is 8.68. The lowest BCUT2D eigenvalue weighted by atomic mass is 9.91. The van der Waals surface area contributed by atoms with E-state index in [9.17, 15) is 14.7 Å². The van der Waals surface area contributed by atoms with Crippen molar-refractivity contribution in [1.29, 1.82) is 0 Å². The molecule has 27 heavy (non-hydrogen) atoms. The first kappa shape index (κ1) is 19.4. The molecule has 0 atom stereocenters. The Bertz CT molecular complexity index is 907. The number of nitrogens with zero attached hydrogens (tertiary/aromatic N) is 1. The zero-order chi connectivity index (χ0) is 19.7. The number of phenolic OH excluding ortho intramolecular Hbond substituents is 1. The van der Waals surface area contributed by atoms with E-state index in [1.807, 2.05) is 18.7 Å². The van der Waals surface area contributed by atoms with Gasteiger partial charge in [-0.25, -0.2) is 0 Å². The Morgan fingerprint density at radius 3 is 2.56 bits per heavy atom. The molecular weight excluding hydrogens is 346 g/mol. The van der Waals surface area contributed by atoms with Gasteiger partial charge >= 0.3 is 0 Å². The molecule has 0 unspecified atom stereocenters. The monoisotopic (exact) mass is 373 g/mol. The molecule has 0 saturated carbocycles. The van der Waals surface area contributed by atoms with Gasteiger partial charge in [-0.1, -0.05) is 0 Å². The fourth-order valence-corrected chi connectivity index (χ4v) is 3.60. The fourth-order valence-electron chi connectivity index (χ4n) is 3.60. The van der Waals surface area contributed by atoms with E-state index in [2.05, 4.69) is 0 Å². The van der Waals surface area contributed by atoms with Crippen molar-refractivity contribution in [1.82, 2.24) is 4.90 Å². The number of phenols is 1. The number of benzene rings is 1.